The van der Waals surface area contributed by atoms with Crippen molar-refractivity contribution >= 4 is 23.8 Å². The summed E-state index contributed by atoms with van der Waals surface area (Å²) in [5.41, 5.74) is 3.56. The van der Waals surface area contributed by atoms with Crippen LogP contribution in [0.5, 0.6) is 0 Å². The molecule has 1 fully saturated rings. The molecule has 0 spiro atoms. The molecule has 1 saturated heterocycles. The van der Waals surface area contributed by atoms with E-state index in [1.54, 1.807) is 24.7 Å². The third kappa shape index (κ3) is 5.48. The van der Waals surface area contributed by atoms with Crippen molar-refractivity contribution in [1.82, 2.24) is 19.4 Å². The number of imidazole rings is 1. The van der Waals surface area contributed by atoms with Gasteiger partial charge in [-0.2, -0.15) is 5.26 Å². The van der Waals surface area contributed by atoms with Crippen LogP contribution in [-0.2, 0) is 29.2 Å². The van der Waals surface area contributed by atoms with Crippen LogP contribution in [-0.4, -0.2) is 50.7 Å². The van der Waals surface area contributed by atoms with Gasteiger partial charge in [0.2, 0.25) is 5.91 Å². The largest absolute Gasteiger partial charge is 0.337 e. The van der Waals surface area contributed by atoms with E-state index in [-0.39, 0.29) is 18.5 Å². The summed E-state index contributed by atoms with van der Waals surface area (Å²) in [5, 5.41) is 9.63. The van der Waals surface area contributed by atoms with E-state index in [2.05, 4.69) is 11.1 Å². The molecule has 0 radical (unpaired) electrons. The van der Waals surface area contributed by atoms with Crippen molar-refractivity contribution in [2.75, 3.05) is 13.1 Å². The van der Waals surface area contributed by atoms with E-state index < -0.39 is 0 Å². The molecule has 2 aromatic carbocycles. The van der Waals surface area contributed by atoms with Crippen molar-refractivity contribution in [1.29, 1.82) is 5.26 Å². The fourth-order valence-electron chi connectivity index (χ4n) is 4.18. The highest BCUT2D eigenvalue weighted by atomic mass is 35.5. The molecule has 0 saturated carbocycles. The lowest BCUT2D eigenvalue weighted by Gasteiger charge is -2.26. The Bertz CT molecular complexity index is 1170. The maximum Gasteiger partial charge on any atom is 0.240 e. The first-order chi connectivity index (χ1) is 16.1. The van der Waals surface area contributed by atoms with Gasteiger partial charge in [0.15, 0.2) is 0 Å². The Morgan fingerprint density at radius 2 is 2.00 bits per heavy atom. The summed E-state index contributed by atoms with van der Waals surface area (Å²) in [6.45, 7) is 2.34. The molecule has 168 valence electrons. The third-order valence-electron chi connectivity index (χ3n) is 5.88. The van der Waals surface area contributed by atoms with Gasteiger partial charge in [0.05, 0.1) is 36.2 Å². The average Bonchev–Trinajstić information content (AvgIpc) is 3.40. The van der Waals surface area contributed by atoms with Crippen LogP contribution in [0.15, 0.2) is 61.1 Å². The summed E-state index contributed by atoms with van der Waals surface area (Å²) in [6, 6.07) is 16.7. The normalized spacial score (nSPS) is 15.7. The fourth-order valence-corrected chi connectivity index (χ4v) is 4.40. The Morgan fingerprint density at radius 3 is 2.73 bits per heavy atom. The number of likely N-dealkylation sites (tertiary alicyclic amines) is 1. The smallest absolute Gasteiger partial charge is 0.240 e. The zero-order valence-electron chi connectivity index (χ0n) is 18.1. The number of benzene rings is 2. The number of rotatable bonds is 9. The maximum absolute atomic E-state index is 13.2. The second-order valence-electron chi connectivity index (χ2n) is 8.11. The number of nitriles is 1. The van der Waals surface area contributed by atoms with Crippen molar-refractivity contribution in [3.63, 3.8) is 0 Å². The topological polar surface area (TPSA) is 82.2 Å². The van der Waals surface area contributed by atoms with Crippen LogP contribution in [0.3, 0.4) is 0 Å². The lowest BCUT2D eigenvalue weighted by Crippen LogP contribution is -2.42. The molecule has 0 bridgehead atoms. The minimum atomic E-state index is -0.354. The molecule has 0 N–H and O–H groups in total. The molecule has 1 aliphatic heterocycles. The molecule has 33 heavy (non-hydrogen) atoms. The van der Waals surface area contributed by atoms with Crippen molar-refractivity contribution in [2.45, 2.75) is 32.1 Å². The molecular weight excluding hydrogens is 438 g/mol. The van der Waals surface area contributed by atoms with Gasteiger partial charge in [-0.15, -0.1) is 0 Å². The second kappa shape index (κ2) is 10.4. The third-order valence-corrected chi connectivity index (χ3v) is 6.12. The van der Waals surface area contributed by atoms with Gasteiger partial charge in [-0.1, -0.05) is 35.9 Å². The first-order valence-corrected chi connectivity index (χ1v) is 11.1. The van der Waals surface area contributed by atoms with Crippen LogP contribution in [0, 0.1) is 11.3 Å². The monoisotopic (exact) mass is 461 g/mol. The minimum Gasteiger partial charge on any atom is -0.337 e. The molecule has 1 amide bonds. The van der Waals surface area contributed by atoms with Gasteiger partial charge >= 0.3 is 0 Å². The number of carbonyl (C=O) groups excluding carboxylic acids is 2. The SMILES string of the molecule is N#Cc1ccc(Cn2cncc2CN(CC=O)[C@H]2CCN(Cc3cccc(Cl)c3)C2=O)cc1. The molecule has 1 aliphatic rings. The Labute approximate surface area is 197 Å². The quantitative estimate of drug-likeness (QED) is 0.457. The van der Waals surface area contributed by atoms with E-state index in [1.807, 2.05) is 50.8 Å². The summed E-state index contributed by atoms with van der Waals surface area (Å²) >= 11 is 6.08. The predicted octanol–water partition coefficient (Wildman–Crippen LogP) is 3.26. The molecule has 8 heteroatoms. The van der Waals surface area contributed by atoms with Crippen LogP contribution < -0.4 is 0 Å². The maximum atomic E-state index is 13.2. The lowest BCUT2D eigenvalue weighted by molar-refractivity contribution is -0.133. The first kappa shape index (κ1) is 22.7. The molecular formula is C25H24ClN5O2. The number of hydrogen-bond donors (Lipinski definition) is 0. The Kier molecular flexibility index (Phi) is 7.18. The summed E-state index contributed by atoms with van der Waals surface area (Å²) in [6.07, 6.45) is 5.02. The first-order valence-electron chi connectivity index (χ1n) is 10.8. The summed E-state index contributed by atoms with van der Waals surface area (Å²) in [7, 11) is 0. The van der Waals surface area contributed by atoms with Crippen LogP contribution in [0.2, 0.25) is 5.02 Å². The molecule has 0 unspecified atom stereocenters. The van der Waals surface area contributed by atoms with Gasteiger partial charge in [-0.3, -0.25) is 9.69 Å². The zero-order valence-corrected chi connectivity index (χ0v) is 18.9. The summed E-state index contributed by atoms with van der Waals surface area (Å²) < 4.78 is 2.00. The van der Waals surface area contributed by atoms with Crippen molar-refractivity contribution in [2.24, 2.45) is 0 Å². The van der Waals surface area contributed by atoms with Gasteiger partial charge in [0.25, 0.3) is 0 Å². The molecule has 1 atom stereocenters. The standard InChI is InChI=1S/C25H24ClN5O2/c26-22-3-1-2-21(12-22)16-30-9-8-24(25(30)33)29(10-11-32)17-23-14-28-18-31(23)15-20-6-4-19(13-27)5-7-20/h1-7,11-12,14,18,24H,8-10,15-17H2/t24-/m0/s1. The Hall–Kier alpha value is -3.47. The van der Waals surface area contributed by atoms with Gasteiger partial charge < -0.3 is 14.3 Å². The summed E-state index contributed by atoms with van der Waals surface area (Å²) in [5.74, 6) is 0.0231. The van der Waals surface area contributed by atoms with E-state index in [4.69, 9.17) is 16.9 Å². The van der Waals surface area contributed by atoms with Crippen LogP contribution >= 0.6 is 11.6 Å². The van der Waals surface area contributed by atoms with E-state index in [9.17, 15) is 9.59 Å². The number of hydrogen-bond acceptors (Lipinski definition) is 5. The molecule has 1 aromatic heterocycles. The van der Waals surface area contributed by atoms with E-state index in [0.29, 0.717) is 43.2 Å². The predicted molar refractivity (Wildman–Crippen MR) is 124 cm³/mol. The fraction of sp³-hybridized carbons (Fsp3) is 0.280. The number of aldehydes is 1. The van der Waals surface area contributed by atoms with Gasteiger partial charge in [-0.05, 0) is 41.8 Å². The highest BCUT2D eigenvalue weighted by Gasteiger charge is 2.36. The van der Waals surface area contributed by atoms with Gasteiger partial charge in [0.1, 0.15) is 6.29 Å². The van der Waals surface area contributed by atoms with E-state index in [1.165, 1.54) is 0 Å². The molecule has 2 heterocycles. The molecule has 4 rings (SSSR count). The molecule has 7 nitrogen and oxygen atoms in total. The zero-order chi connectivity index (χ0) is 23.2. The number of amides is 1. The van der Waals surface area contributed by atoms with E-state index in [0.717, 1.165) is 23.1 Å². The van der Waals surface area contributed by atoms with Crippen molar-refractivity contribution in [3.05, 3.63) is 88.5 Å². The number of halogens is 1. The van der Waals surface area contributed by atoms with Crippen LogP contribution in [0.25, 0.3) is 0 Å². The number of nitrogens with zero attached hydrogens (tertiary/aromatic N) is 5. The van der Waals surface area contributed by atoms with Crippen molar-refractivity contribution in [3.8, 4) is 6.07 Å². The summed E-state index contributed by atoms with van der Waals surface area (Å²) in [4.78, 5) is 32.6. The average molecular weight is 462 g/mol. The van der Waals surface area contributed by atoms with Crippen LogP contribution in [0.4, 0.5) is 0 Å². The highest BCUT2D eigenvalue weighted by molar-refractivity contribution is 6.30. The Balaban J connectivity index is 1.45. The highest BCUT2D eigenvalue weighted by Crippen LogP contribution is 2.22. The number of aromatic nitrogens is 2. The number of carbonyl (C=O) groups is 2. The lowest BCUT2D eigenvalue weighted by atomic mass is 10.1. The van der Waals surface area contributed by atoms with Crippen LogP contribution in [0.1, 0.15) is 28.8 Å². The van der Waals surface area contributed by atoms with Gasteiger partial charge in [-0.25, -0.2) is 4.98 Å². The van der Waals surface area contributed by atoms with Crippen molar-refractivity contribution < 1.29 is 9.59 Å². The molecule has 3 aromatic rings. The Morgan fingerprint density at radius 1 is 1.18 bits per heavy atom. The minimum absolute atomic E-state index is 0.0231. The van der Waals surface area contributed by atoms with E-state index >= 15 is 0 Å². The second-order valence-corrected chi connectivity index (χ2v) is 8.55. The van der Waals surface area contributed by atoms with Gasteiger partial charge in [0, 0.05) is 37.4 Å². The molecule has 0 aliphatic carbocycles.